The number of benzene rings is 3. The smallest absolute Gasteiger partial charge is 0.257 e. The van der Waals surface area contributed by atoms with Crippen molar-refractivity contribution in [2.45, 2.75) is 19.8 Å². The van der Waals surface area contributed by atoms with E-state index in [4.69, 9.17) is 12.2 Å². The molecule has 1 amide bonds. The fourth-order valence-corrected chi connectivity index (χ4v) is 3.93. The third kappa shape index (κ3) is 5.32. The monoisotopic (exact) mass is 518 g/mol. The number of rotatable bonds is 6. The number of carbonyl (C=O) groups excluding carboxylic acids is 1. The van der Waals surface area contributed by atoms with Crippen LogP contribution >= 0.6 is 34.8 Å². The van der Waals surface area contributed by atoms with E-state index in [1.54, 1.807) is 0 Å². The second-order valence-electron chi connectivity index (χ2n) is 6.80. The summed E-state index contributed by atoms with van der Waals surface area (Å²) in [5.41, 5.74) is 2.66. The van der Waals surface area contributed by atoms with Crippen molar-refractivity contribution in [2.75, 3.05) is 18.1 Å². The number of hydrogen-bond acceptors (Lipinski definition) is 3. The molecule has 0 radical (unpaired) electrons. The number of anilines is 1. The third-order valence-corrected chi connectivity index (χ3v) is 6.23. The standard InChI is InChI=1S/C23H23IN2O2S/c1-16-11-12-18(15-20(16)24)22(28)25-23(29)26(13-4-5-14-27)21-10-6-8-17-7-2-3-9-19(17)21/h2-3,6-12,15,27H,4-5,13-14H2,1H3,(H,25,28,29). The Morgan fingerprint density at radius 1 is 1.10 bits per heavy atom. The molecule has 0 saturated heterocycles. The molecule has 0 saturated carbocycles. The predicted molar refractivity (Wildman–Crippen MR) is 132 cm³/mol. The lowest BCUT2D eigenvalue weighted by atomic mass is 10.1. The van der Waals surface area contributed by atoms with Crippen LogP contribution in [-0.4, -0.2) is 29.3 Å². The van der Waals surface area contributed by atoms with E-state index in [0.717, 1.165) is 32.0 Å². The zero-order valence-electron chi connectivity index (χ0n) is 16.2. The van der Waals surface area contributed by atoms with Crippen LogP contribution in [0.1, 0.15) is 28.8 Å². The molecule has 0 fully saturated rings. The number of nitrogens with one attached hydrogen (secondary N) is 1. The highest BCUT2D eigenvalue weighted by atomic mass is 127. The van der Waals surface area contributed by atoms with Gasteiger partial charge in [-0.15, -0.1) is 0 Å². The van der Waals surface area contributed by atoms with Crippen LogP contribution in [-0.2, 0) is 0 Å². The molecule has 0 aliphatic rings. The van der Waals surface area contributed by atoms with E-state index < -0.39 is 0 Å². The summed E-state index contributed by atoms with van der Waals surface area (Å²) in [7, 11) is 0. The molecule has 3 aromatic rings. The number of hydrogen-bond donors (Lipinski definition) is 2. The number of amides is 1. The van der Waals surface area contributed by atoms with Crippen LogP contribution in [0.3, 0.4) is 0 Å². The average Bonchev–Trinajstić information content (AvgIpc) is 2.73. The summed E-state index contributed by atoms with van der Waals surface area (Å²) in [6.45, 7) is 2.75. The Balaban J connectivity index is 1.88. The Morgan fingerprint density at radius 2 is 1.86 bits per heavy atom. The van der Waals surface area contributed by atoms with Gasteiger partial charge < -0.3 is 10.0 Å². The molecule has 6 heteroatoms. The van der Waals surface area contributed by atoms with E-state index in [1.165, 1.54) is 0 Å². The van der Waals surface area contributed by atoms with E-state index in [-0.39, 0.29) is 12.5 Å². The van der Waals surface area contributed by atoms with Crippen LogP contribution in [0.4, 0.5) is 5.69 Å². The first-order valence-electron chi connectivity index (χ1n) is 9.49. The van der Waals surface area contributed by atoms with Crippen LogP contribution in [0.2, 0.25) is 0 Å². The molecule has 150 valence electrons. The van der Waals surface area contributed by atoms with Gasteiger partial charge in [-0.25, -0.2) is 0 Å². The van der Waals surface area contributed by atoms with Crippen molar-refractivity contribution in [1.82, 2.24) is 5.32 Å². The molecule has 0 spiro atoms. The fourth-order valence-electron chi connectivity index (χ4n) is 3.13. The molecule has 0 aliphatic heterocycles. The quantitative estimate of drug-likeness (QED) is 0.273. The highest BCUT2D eigenvalue weighted by Gasteiger charge is 2.18. The SMILES string of the molecule is Cc1ccc(C(=O)NC(=S)N(CCCCO)c2cccc3ccccc23)cc1I. The van der Waals surface area contributed by atoms with Crippen LogP contribution in [0.15, 0.2) is 60.7 Å². The summed E-state index contributed by atoms with van der Waals surface area (Å²) in [6, 6.07) is 19.8. The molecule has 0 unspecified atom stereocenters. The van der Waals surface area contributed by atoms with E-state index >= 15 is 0 Å². The summed E-state index contributed by atoms with van der Waals surface area (Å²) in [6.07, 6.45) is 1.44. The van der Waals surface area contributed by atoms with Crippen molar-refractivity contribution in [2.24, 2.45) is 0 Å². The number of thiocarbonyl (C=S) groups is 1. The highest BCUT2D eigenvalue weighted by Crippen LogP contribution is 2.27. The number of halogens is 1. The Kier molecular flexibility index (Phi) is 7.57. The van der Waals surface area contributed by atoms with E-state index in [2.05, 4.69) is 46.1 Å². The molecule has 4 nitrogen and oxygen atoms in total. The molecule has 0 bridgehead atoms. The van der Waals surface area contributed by atoms with Crippen LogP contribution in [0.5, 0.6) is 0 Å². The summed E-state index contributed by atoms with van der Waals surface area (Å²) in [5.74, 6) is -0.222. The Labute approximate surface area is 190 Å². The van der Waals surface area contributed by atoms with Gasteiger partial charge in [-0.2, -0.15) is 0 Å². The summed E-state index contributed by atoms with van der Waals surface area (Å²) in [4.78, 5) is 14.7. The maximum absolute atomic E-state index is 12.8. The van der Waals surface area contributed by atoms with Crippen molar-refractivity contribution >= 4 is 62.3 Å². The van der Waals surface area contributed by atoms with Gasteiger partial charge in [-0.1, -0.05) is 42.5 Å². The molecule has 3 rings (SSSR count). The van der Waals surface area contributed by atoms with Gasteiger partial charge in [0.2, 0.25) is 0 Å². The molecule has 2 N–H and O–H groups in total. The second-order valence-corrected chi connectivity index (χ2v) is 8.35. The number of fused-ring (bicyclic) bond motifs is 1. The lowest BCUT2D eigenvalue weighted by Crippen LogP contribution is -2.43. The van der Waals surface area contributed by atoms with Crippen LogP contribution < -0.4 is 10.2 Å². The van der Waals surface area contributed by atoms with Crippen molar-refractivity contribution in [1.29, 1.82) is 0 Å². The van der Waals surface area contributed by atoms with Crippen molar-refractivity contribution < 1.29 is 9.90 Å². The minimum atomic E-state index is -0.222. The van der Waals surface area contributed by atoms with E-state index in [0.29, 0.717) is 23.6 Å². The third-order valence-electron chi connectivity index (χ3n) is 4.75. The Morgan fingerprint density at radius 3 is 2.62 bits per heavy atom. The molecule has 0 aliphatic carbocycles. The van der Waals surface area contributed by atoms with Gasteiger partial charge in [0.25, 0.3) is 5.91 Å². The first kappa shape index (κ1) is 21.7. The maximum atomic E-state index is 12.8. The first-order valence-corrected chi connectivity index (χ1v) is 11.0. The molecule has 0 aromatic heterocycles. The zero-order valence-corrected chi connectivity index (χ0v) is 19.2. The van der Waals surface area contributed by atoms with Gasteiger partial charge in [-0.05, 0) is 83.7 Å². The predicted octanol–water partition coefficient (Wildman–Crippen LogP) is 5.05. The van der Waals surface area contributed by atoms with Crippen molar-refractivity contribution in [3.8, 4) is 0 Å². The number of aliphatic hydroxyl groups is 1. The van der Waals surface area contributed by atoms with Gasteiger partial charge in [0.15, 0.2) is 5.11 Å². The molecule has 0 heterocycles. The number of aliphatic hydroxyl groups excluding tert-OH is 1. The van der Waals surface area contributed by atoms with E-state index in [1.807, 2.05) is 54.3 Å². The van der Waals surface area contributed by atoms with E-state index in [9.17, 15) is 9.90 Å². The number of aryl methyl sites for hydroxylation is 1. The minimum absolute atomic E-state index is 0.129. The minimum Gasteiger partial charge on any atom is -0.396 e. The molecular formula is C23H23IN2O2S. The van der Waals surface area contributed by atoms with Gasteiger partial charge in [0.1, 0.15) is 0 Å². The molecule has 3 aromatic carbocycles. The van der Waals surface area contributed by atoms with Crippen molar-refractivity contribution in [3.05, 3.63) is 75.4 Å². The summed E-state index contributed by atoms with van der Waals surface area (Å²) >= 11 is 7.86. The average molecular weight is 518 g/mol. The maximum Gasteiger partial charge on any atom is 0.257 e. The van der Waals surface area contributed by atoms with Crippen LogP contribution in [0, 0.1) is 10.5 Å². The second kappa shape index (κ2) is 10.1. The van der Waals surface area contributed by atoms with Crippen LogP contribution in [0.25, 0.3) is 10.8 Å². The highest BCUT2D eigenvalue weighted by molar-refractivity contribution is 14.1. The topological polar surface area (TPSA) is 52.6 Å². The molecular weight excluding hydrogens is 495 g/mol. The van der Waals surface area contributed by atoms with Gasteiger partial charge in [0.05, 0.1) is 5.69 Å². The normalized spacial score (nSPS) is 10.7. The molecule has 29 heavy (non-hydrogen) atoms. The van der Waals surface area contributed by atoms with Gasteiger partial charge >= 0.3 is 0 Å². The van der Waals surface area contributed by atoms with Crippen molar-refractivity contribution in [3.63, 3.8) is 0 Å². The zero-order chi connectivity index (χ0) is 20.8. The summed E-state index contributed by atoms with van der Waals surface area (Å²) in [5, 5.41) is 14.6. The first-order chi connectivity index (χ1) is 14.0. The fraction of sp³-hybridized carbons (Fsp3) is 0.217. The largest absolute Gasteiger partial charge is 0.396 e. The summed E-state index contributed by atoms with van der Waals surface area (Å²) < 4.78 is 1.04. The Hall–Kier alpha value is -2.03. The lowest BCUT2D eigenvalue weighted by molar-refractivity contribution is 0.0977. The Bertz CT molecular complexity index is 1030. The molecule has 0 atom stereocenters. The number of nitrogens with zero attached hydrogens (tertiary/aromatic N) is 1. The number of carbonyl (C=O) groups is 1. The number of unbranched alkanes of at least 4 members (excludes halogenated alkanes) is 1. The lowest BCUT2D eigenvalue weighted by Gasteiger charge is -2.27. The van der Waals surface area contributed by atoms with Gasteiger partial charge in [-0.3, -0.25) is 10.1 Å². The van der Waals surface area contributed by atoms with Gasteiger partial charge in [0, 0.05) is 27.7 Å².